The van der Waals surface area contributed by atoms with Crippen molar-refractivity contribution in [1.29, 1.82) is 0 Å². The lowest BCUT2D eigenvalue weighted by Crippen LogP contribution is -2.06. The molecule has 0 amide bonds. The van der Waals surface area contributed by atoms with E-state index in [1.54, 1.807) is 4.68 Å². The third kappa shape index (κ3) is 1.66. The first kappa shape index (κ1) is 11.5. The van der Waals surface area contributed by atoms with Crippen LogP contribution in [-0.2, 0) is 22.3 Å². The second-order valence-corrected chi connectivity index (χ2v) is 6.20. The van der Waals surface area contributed by atoms with Gasteiger partial charge in [-0.1, -0.05) is 17.7 Å². The van der Waals surface area contributed by atoms with Crippen molar-refractivity contribution in [3.8, 4) is 5.69 Å². The number of anilines is 1. The molecule has 0 saturated carbocycles. The lowest BCUT2D eigenvalue weighted by atomic mass is 10.1. The van der Waals surface area contributed by atoms with Crippen molar-refractivity contribution in [1.82, 2.24) is 9.78 Å². The Kier molecular flexibility index (Phi) is 2.52. The first-order chi connectivity index (χ1) is 8.56. The Labute approximate surface area is 108 Å². The molecule has 1 aromatic carbocycles. The quantitative estimate of drug-likeness (QED) is 0.852. The summed E-state index contributed by atoms with van der Waals surface area (Å²) in [5.41, 5.74) is 11.3. The summed E-state index contributed by atoms with van der Waals surface area (Å²) in [6.07, 6.45) is 0. The number of aryl methyl sites for hydroxylation is 2. The molecule has 0 fully saturated rings. The summed E-state index contributed by atoms with van der Waals surface area (Å²) in [7, 11) is -0.828. The van der Waals surface area contributed by atoms with Gasteiger partial charge in [0.15, 0.2) is 0 Å². The van der Waals surface area contributed by atoms with Gasteiger partial charge in [0.05, 0.1) is 22.9 Å². The smallest absolute Gasteiger partial charge is 0.131 e. The Morgan fingerprint density at radius 1 is 1.33 bits per heavy atom. The van der Waals surface area contributed by atoms with E-state index in [9.17, 15) is 4.21 Å². The van der Waals surface area contributed by atoms with Crippen LogP contribution in [0.3, 0.4) is 0 Å². The highest BCUT2D eigenvalue weighted by Crippen LogP contribution is 2.30. The van der Waals surface area contributed by atoms with Crippen LogP contribution in [0.15, 0.2) is 18.2 Å². The molecule has 0 spiro atoms. The van der Waals surface area contributed by atoms with Crippen LogP contribution in [0.1, 0.15) is 22.4 Å². The van der Waals surface area contributed by atoms with Crippen molar-refractivity contribution in [3.63, 3.8) is 0 Å². The van der Waals surface area contributed by atoms with E-state index in [1.165, 1.54) is 5.56 Å². The summed E-state index contributed by atoms with van der Waals surface area (Å²) in [4.78, 5) is 0. The number of nitrogen functional groups attached to an aromatic ring is 1. The highest BCUT2D eigenvalue weighted by atomic mass is 32.2. The fourth-order valence-corrected chi connectivity index (χ4v) is 3.65. The first-order valence-corrected chi connectivity index (χ1v) is 7.34. The Bertz CT molecular complexity index is 660. The maximum Gasteiger partial charge on any atom is 0.131 e. The monoisotopic (exact) mass is 261 g/mol. The molecule has 0 saturated heterocycles. The molecule has 4 nitrogen and oxygen atoms in total. The molecule has 1 aromatic heterocycles. The number of rotatable bonds is 1. The second kappa shape index (κ2) is 3.95. The number of nitrogens with zero attached hydrogens (tertiary/aromatic N) is 2. The minimum atomic E-state index is -0.828. The summed E-state index contributed by atoms with van der Waals surface area (Å²) >= 11 is 0. The van der Waals surface area contributed by atoms with Crippen molar-refractivity contribution >= 4 is 16.6 Å². The van der Waals surface area contributed by atoms with Gasteiger partial charge in [-0.05, 0) is 25.5 Å². The molecule has 2 aromatic rings. The first-order valence-electron chi connectivity index (χ1n) is 5.85. The van der Waals surface area contributed by atoms with E-state index in [2.05, 4.69) is 18.1 Å². The maximum atomic E-state index is 11.5. The minimum Gasteiger partial charge on any atom is -0.383 e. The average Bonchev–Trinajstić information content (AvgIpc) is 2.78. The molecule has 94 valence electrons. The zero-order chi connectivity index (χ0) is 12.9. The van der Waals surface area contributed by atoms with E-state index < -0.39 is 10.8 Å². The predicted molar refractivity (Wildman–Crippen MR) is 73.0 cm³/mol. The molecule has 1 aliphatic heterocycles. The molecular weight excluding hydrogens is 246 g/mol. The summed E-state index contributed by atoms with van der Waals surface area (Å²) in [6.45, 7) is 4.11. The molecule has 0 radical (unpaired) electrons. The normalized spacial score (nSPS) is 18.0. The topological polar surface area (TPSA) is 60.9 Å². The molecule has 1 atom stereocenters. The van der Waals surface area contributed by atoms with Crippen LogP contribution in [-0.4, -0.2) is 14.0 Å². The van der Waals surface area contributed by atoms with Crippen LogP contribution in [0.5, 0.6) is 0 Å². The lowest BCUT2D eigenvalue weighted by molar-refractivity contribution is 0.683. The molecule has 3 rings (SSSR count). The number of nitrogens with two attached hydrogens (primary N) is 1. The van der Waals surface area contributed by atoms with E-state index in [-0.39, 0.29) is 0 Å². The predicted octanol–water partition coefficient (Wildman–Crippen LogP) is 1.83. The highest BCUT2D eigenvalue weighted by molar-refractivity contribution is 7.83. The number of aromatic nitrogens is 2. The van der Waals surface area contributed by atoms with E-state index in [0.29, 0.717) is 17.3 Å². The molecular formula is C13H15N3OS. The van der Waals surface area contributed by atoms with Gasteiger partial charge in [0, 0.05) is 16.4 Å². The van der Waals surface area contributed by atoms with Crippen LogP contribution in [0, 0.1) is 13.8 Å². The van der Waals surface area contributed by atoms with Crippen LogP contribution in [0.25, 0.3) is 5.69 Å². The van der Waals surface area contributed by atoms with Gasteiger partial charge in [0.25, 0.3) is 0 Å². The van der Waals surface area contributed by atoms with E-state index >= 15 is 0 Å². The Hall–Kier alpha value is -1.62. The third-order valence-electron chi connectivity index (χ3n) is 3.29. The van der Waals surface area contributed by atoms with Crippen LogP contribution >= 0.6 is 0 Å². The molecule has 0 bridgehead atoms. The Morgan fingerprint density at radius 2 is 2.11 bits per heavy atom. The molecule has 18 heavy (non-hydrogen) atoms. The molecule has 2 N–H and O–H groups in total. The van der Waals surface area contributed by atoms with E-state index in [0.717, 1.165) is 22.5 Å². The zero-order valence-corrected chi connectivity index (χ0v) is 11.3. The van der Waals surface area contributed by atoms with Gasteiger partial charge in [-0.15, -0.1) is 0 Å². The standard InChI is InChI=1S/C13H15N3OS/c1-8-3-4-12(9(2)5-8)16-13(14)10-6-18(17)7-11(10)15-16/h3-5H,6-7,14H2,1-2H3/t18-/m1/s1. The van der Waals surface area contributed by atoms with Gasteiger partial charge in [-0.3, -0.25) is 4.21 Å². The number of benzene rings is 1. The zero-order valence-electron chi connectivity index (χ0n) is 10.4. The largest absolute Gasteiger partial charge is 0.383 e. The molecule has 0 aliphatic carbocycles. The fraction of sp³-hybridized carbons (Fsp3) is 0.308. The highest BCUT2D eigenvalue weighted by Gasteiger charge is 2.26. The van der Waals surface area contributed by atoms with Crippen LogP contribution < -0.4 is 5.73 Å². The van der Waals surface area contributed by atoms with Gasteiger partial charge in [-0.25, -0.2) is 4.68 Å². The van der Waals surface area contributed by atoms with Gasteiger partial charge in [-0.2, -0.15) is 5.10 Å². The molecule has 5 heteroatoms. The van der Waals surface area contributed by atoms with E-state index in [1.807, 2.05) is 19.1 Å². The number of hydrogen-bond donors (Lipinski definition) is 1. The minimum absolute atomic E-state index is 0.525. The van der Waals surface area contributed by atoms with Crippen molar-refractivity contribution in [2.24, 2.45) is 0 Å². The van der Waals surface area contributed by atoms with Gasteiger partial charge in [0.1, 0.15) is 5.82 Å². The summed E-state index contributed by atoms with van der Waals surface area (Å²) in [5, 5.41) is 4.50. The van der Waals surface area contributed by atoms with E-state index in [4.69, 9.17) is 5.73 Å². The maximum absolute atomic E-state index is 11.5. The third-order valence-corrected chi connectivity index (χ3v) is 4.50. The lowest BCUT2D eigenvalue weighted by Gasteiger charge is -2.09. The molecule has 2 heterocycles. The van der Waals surface area contributed by atoms with Gasteiger partial charge >= 0.3 is 0 Å². The summed E-state index contributed by atoms with van der Waals surface area (Å²) < 4.78 is 13.3. The van der Waals surface area contributed by atoms with Crippen molar-refractivity contribution in [2.45, 2.75) is 25.4 Å². The second-order valence-electron chi connectivity index (χ2n) is 4.74. The Morgan fingerprint density at radius 3 is 2.78 bits per heavy atom. The fourth-order valence-electron chi connectivity index (χ4n) is 2.38. The molecule has 1 aliphatic rings. The SMILES string of the molecule is Cc1ccc(-n2nc3c(c2N)C[S@@](=O)C3)c(C)c1. The van der Waals surface area contributed by atoms with Gasteiger partial charge < -0.3 is 5.73 Å². The van der Waals surface area contributed by atoms with Crippen LogP contribution in [0.4, 0.5) is 5.82 Å². The average molecular weight is 261 g/mol. The number of hydrogen-bond acceptors (Lipinski definition) is 3. The van der Waals surface area contributed by atoms with Crippen molar-refractivity contribution in [2.75, 3.05) is 5.73 Å². The van der Waals surface area contributed by atoms with Crippen molar-refractivity contribution in [3.05, 3.63) is 40.6 Å². The molecule has 0 unspecified atom stereocenters. The summed E-state index contributed by atoms with van der Waals surface area (Å²) in [5.74, 6) is 1.69. The van der Waals surface area contributed by atoms with Gasteiger partial charge in [0.2, 0.25) is 0 Å². The number of fused-ring (bicyclic) bond motifs is 1. The van der Waals surface area contributed by atoms with Crippen LogP contribution in [0.2, 0.25) is 0 Å². The van der Waals surface area contributed by atoms with Crippen molar-refractivity contribution < 1.29 is 4.21 Å². The Balaban J connectivity index is 2.14. The summed E-state index contributed by atoms with van der Waals surface area (Å²) in [6, 6.07) is 6.19.